The monoisotopic (exact) mass is 443 g/mol. The first-order chi connectivity index (χ1) is 15.4. The van der Waals surface area contributed by atoms with Crippen LogP contribution in [0.25, 0.3) is 33.4 Å². The molecule has 0 atom stereocenters. The Hall–Kier alpha value is -4.17. The fraction of sp³-hybridized carbons (Fsp3) is 0. The van der Waals surface area contributed by atoms with Gasteiger partial charge in [-0.25, -0.2) is 17.2 Å². The van der Waals surface area contributed by atoms with Crippen molar-refractivity contribution in [3.05, 3.63) is 102 Å². The number of rotatable bonds is 4. The van der Waals surface area contributed by atoms with Gasteiger partial charge >= 0.3 is 5.69 Å². The number of aromatic nitrogens is 3. The Balaban J connectivity index is 1.74. The van der Waals surface area contributed by atoms with Crippen molar-refractivity contribution in [3.8, 4) is 28.3 Å². The zero-order chi connectivity index (χ0) is 22.3. The Morgan fingerprint density at radius 3 is 2.41 bits per heavy atom. The third kappa shape index (κ3) is 3.36. The topological polar surface area (TPSA) is 105 Å². The lowest BCUT2D eigenvalue weighted by Gasteiger charge is -2.07. The predicted octanol–water partition coefficient (Wildman–Crippen LogP) is 4.00. The molecule has 0 radical (unpaired) electrons. The van der Waals surface area contributed by atoms with Gasteiger partial charge in [0, 0.05) is 22.7 Å². The number of nitrogens with one attached hydrogen (secondary N) is 1. The van der Waals surface area contributed by atoms with E-state index in [1.165, 1.54) is 34.4 Å². The van der Waals surface area contributed by atoms with E-state index in [2.05, 4.69) is 9.97 Å². The maximum atomic E-state index is 13.3. The average Bonchev–Trinajstić information content (AvgIpc) is 3.20. The quantitative estimate of drug-likeness (QED) is 0.437. The summed E-state index contributed by atoms with van der Waals surface area (Å²) >= 11 is 0. The van der Waals surface area contributed by atoms with Gasteiger partial charge in [-0.2, -0.15) is 4.98 Å². The van der Waals surface area contributed by atoms with Gasteiger partial charge in [-0.3, -0.25) is 0 Å². The normalized spacial score (nSPS) is 11.6. The third-order valence-corrected chi connectivity index (χ3v) is 6.84. The van der Waals surface area contributed by atoms with Crippen LogP contribution in [-0.2, 0) is 10.0 Å². The molecule has 0 spiro atoms. The van der Waals surface area contributed by atoms with Gasteiger partial charge in [-0.15, -0.1) is 0 Å². The first-order valence-electron chi connectivity index (χ1n) is 9.75. The van der Waals surface area contributed by atoms with Crippen LogP contribution >= 0.6 is 0 Å². The van der Waals surface area contributed by atoms with Crippen molar-refractivity contribution >= 4 is 20.9 Å². The number of phenols is 1. The summed E-state index contributed by atoms with van der Waals surface area (Å²) in [7, 11) is -3.85. The molecule has 3 aromatic carbocycles. The minimum Gasteiger partial charge on any atom is -0.508 e. The zero-order valence-electron chi connectivity index (χ0n) is 16.6. The fourth-order valence-electron chi connectivity index (χ4n) is 3.69. The molecule has 5 rings (SSSR count). The zero-order valence-corrected chi connectivity index (χ0v) is 17.5. The molecule has 5 aromatic rings. The number of phenolic OH excluding ortho intramolecular Hbond substituents is 1. The summed E-state index contributed by atoms with van der Waals surface area (Å²) in [5.41, 5.74) is 1.80. The molecule has 2 heterocycles. The first kappa shape index (κ1) is 19.8. The second kappa shape index (κ2) is 7.51. The summed E-state index contributed by atoms with van der Waals surface area (Å²) in [6, 6.07) is 23.3. The van der Waals surface area contributed by atoms with Crippen molar-refractivity contribution in [1.29, 1.82) is 0 Å². The van der Waals surface area contributed by atoms with Crippen LogP contribution in [0, 0.1) is 0 Å². The van der Waals surface area contributed by atoms with Crippen LogP contribution in [0.15, 0.2) is 101 Å². The molecule has 0 fully saturated rings. The molecule has 0 saturated heterocycles. The highest BCUT2D eigenvalue weighted by molar-refractivity contribution is 7.90. The van der Waals surface area contributed by atoms with Crippen molar-refractivity contribution in [3.63, 3.8) is 0 Å². The molecule has 158 valence electrons. The maximum absolute atomic E-state index is 13.3. The lowest BCUT2D eigenvalue weighted by Crippen LogP contribution is -2.12. The molecule has 0 amide bonds. The molecule has 32 heavy (non-hydrogen) atoms. The van der Waals surface area contributed by atoms with E-state index in [1.807, 2.05) is 0 Å². The minimum absolute atomic E-state index is 0.0525. The van der Waals surface area contributed by atoms with Crippen molar-refractivity contribution in [2.24, 2.45) is 0 Å². The number of para-hydroxylation sites is 1. The molecule has 0 bridgehead atoms. The Bertz CT molecular complexity index is 1620. The Morgan fingerprint density at radius 1 is 0.875 bits per heavy atom. The first-order valence-corrected chi connectivity index (χ1v) is 11.2. The fourth-order valence-corrected chi connectivity index (χ4v) is 5.08. The highest BCUT2D eigenvalue weighted by Crippen LogP contribution is 2.33. The van der Waals surface area contributed by atoms with E-state index in [1.54, 1.807) is 60.7 Å². The van der Waals surface area contributed by atoms with E-state index in [0.717, 1.165) is 0 Å². The second-order valence-electron chi connectivity index (χ2n) is 7.21. The smallest absolute Gasteiger partial charge is 0.345 e. The maximum Gasteiger partial charge on any atom is 0.345 e. The number of nitrogens with zero attached hydrogens (tertiary/aromatic N) is 2. The molecule has 0 aliphatic heterocycles. The van der Waals surface area contributed by atoms with Gasteiger partial charge in [0.15, 0.2) is 0 Å². The van der Waals surface area contributed by atoms with Crippen LogP contribution in [0.2, 0.25) is 0 Å². The van der Waals surface area contributed by atoms with Crippen LogP contribution in [0.1, 0.15) is 0 Å². The molecule has 2 aromatic heterocycles. The van der Waals surface area contributed by atoms with Crippen molar-refractivity contribution < 1.29 is 13.5 Å². The average molecular weight is 443 g/mol. The van der Waals surface area contributed by atoms with Crippen molar-refractivity contribution in [2.45, 2.75) is 4.90 Å². The lowest BCUT2D eigenvalue weighted by atomic mass is 10.1. The van der Waals surface area contributed by atoms with Crippen LogP contribution in [0.5, 0.6) is 5.75 Å². The van der Waals surface area contributed by atoms with Gasteiger partial charge in [0.05, 0.1) is 21.8 Å². The standard InChI is InChI=1S/C24H17N3O4S/c28-17-8-6-7-16(13-17)21-14-22(26-24(29)25-21)20-15-27(23-12-5-4-11-19(20)23)32(30,31)18-9-2-1-3-10-18/h1-15,28H,(H,25,26,29). The molecule has 7 nitrogen and oxygen atoms in total. The number of aromatic amines is 1. The predicted molar refractivity (Wildman–Crippen MR) is 122 cm³/mol. The van der Waals surface area contributed by atoms with Gasteiger partial charge < -0.3 is 10.1 Å². The molecule has 8 heteroatoms. The van der Waals surface area contributed by atoms with Gasteiger partial charge in [-0.1, -0.05) is 48.5 Å². The number of aromatic hydroxyl groups is 1. The Labute approximate surface area is 183 Å². The summed E-state index contributed by atoms with van der Waals surface area (Å²) in [5, 5.41) is 10.5. The molecular formula is C24H17N3O4S. The van der Waals surface area contributed by atoms with E-state index in [9.17, 15) is 18.3 Å². The van der Waals surface area contributed by atoms with Crippen LogP contribution in [0.4, 0.5) is 0 Å². The summed E-state index contributed by atoms with van der Waals surface area (Å²) in [5.74, 6) is 0.0525. The number of hydrogen-bond acceptors (Lipinski definition) is 5. The molecule has 2 N–H and O–H groups in total. The van der Waals surface area contributed by atoms with Crippen molar-refractivity contribution in [2.75, 3.05) is 0 Å². The van der Waals surface area contributed by atoms with Crippen molar-refractivity contribution in [1.82, 2.24) is 13.9 Å². The van der Waals surface area contributed by atoms with E-state index < -0.39 is 15.7 Å². The van der Waals surface area contributed by atoms with E-state index in [-0.39, 0.29) is 10.6 Å². The summed E-state index contributed by atoms with van der Waals surface area (Å²) in [6.07, 6.45) is 1.50. The summed E-state index contributed by atoms with van der Waals surface area (Å²) in [4.78, 5) is 19.2. The number of benzene rings is 3. The highest BCUT2D eigenvalue weighted by Gasteiger charge is 2.22. The molecule has 0 unspecified atom stereocenters. The van der Waals surface area contributed by atoms with Crippen LogP contribution < -0.4 is 5.69 Å². The van der Waals surface area contributed by atoms with Gasteiger partial charge in [-0.05, 0) is 36.4 Å². The Morgan fingerprint density at radius 2 is 1.62 bits per heavy atom. The number of fused-ring (bicyclic) bond motifs is 1. The highest BCUT2D eigenvalue weighted by atomic mass is 32.2. The summed E-state index contributed by atoms with van der Waals surface area (Å²) in [6.45, 7) is 0. The van der Waals surface area contributed by atoms with E-state index in [0.29, 0.717) is 33.4 Å². The summed E-state index contributed by atoms with van der Waals surface area (Å²) < 4.78 is 27.9. The second-order valence-corrected chi connectivity index (χ2v) is 9.02. The third-order valence-electron chi connectivity index (χ3n) is 5.15. The minimum atomic E-state index is -3.85. The van der Waals surface area contributed by atoms with E-state index in [4.69, 9.17) is 0 Å². The SMILES string of the molecule is O=c1nc(-c2cccc(O)c2)cc(-c2cn(S(=O)(=O)c3ccccc3)c3ccccc23)[nH]1. The lowest BCUT2D eigenvalue weighted by molar-refractivity contribution is 0.475. The Kier molecular flexibility index (Phi) is 4.64. The molecule has 0 saturated carbocycles. The number of H-pyrrole nitrogens is 1. The van der Waals surface area contributed by atoms with Gasteiger partial charge in [0.2, 0.25) is 0 Å². The molecular weight excluding hydrogens is 426 g/mol. The largest absolute Gasteiger partial charge is 0.508 e. The van der Waals surface area contributed by atoms with Gasteiger partial charge in [0.25, 0.3) is 10.0 Å². The van der Waals surface area contributed by atoms with Crippen LogP contribution in [0.3, 0.4) is 0 Å². The molecule has 0 aliphatic rings. The number of hydrogen-bond donors (Lipinski definition) is 2. The van der Waals surface area contributed by atoms with E-state index >= 15 is 0 Å². The van der Waals surface area contributed by atoms with Gasteiger partial charge in [0.1, 0.15) is 5.75 Å². The van der Waals surface area contributed by atoms with Crippen LogP contribution in [-0.4, -0.2) is 27.5 Å². The molecule has 0 aliphatic carbocycles.